The Morgan fingerprint density at radius 3 is 2.59 bits per heavy atom. The molecule has 3 heteroatoms. The second kappa shape index (κ2) is 7.66. The molecular weight excluding hydrogens is 214 g/mol. The van der Waals surface area contributed by atoms with Crippen LogP contribution in [-0.4, -0.2) is 31.0 Å². The van der Waals surface area contributed by atoms with Gasteiger partial charge in [0, 0.05) is 19.2 Å². The SMILES string of the molecule is CCN(CCC=C=O)Cc1ccc(OC)cc1. The maximum atomic E-state index is 10.1. The average molecular weight is 233 g/mol. The van der Waals surface area contributed by atoms with Gasteiger partial charge in [0.2, 0.25) is 0 Å². The summed E-state index contributed by atoms with van der Waals surface area (Å²) in [6.45, 7) is 4.87. The van der Waals surface area contributed by atoms with E-state index in [2.05, 4.69) is 24.0 Å². The van der Waals surface area contributed by atoms with Gasteiger partial charge < -0.3 is 4.74 Å². The zero-order valence-electron chi connectivity index (χ0n) is 10.5. The van der Waals surface area contributed by atoms with Crippen LogP contribution < -0.4 is 4.74 Å². The van der Waals surface area contributed by atoms with E-state index in [0.29, 0.717) is 0 Å². The zero-order chi connectivity index (χ0) is 12.5. The van der Waals surface area contributed by atoms with E-state index in [-0.39, 0.29) is 0 Å². The quantitative estimate of drug-likeness (QED) is 0.677. The Hall–Kier alpha value is -1.57. The average Bonchev–Trinajstić information content (AvgIpc) is 2.38. The van der Waals surface area contributed by atoms with Gasteiger partial charge in [-0.2, -0.15) is 0 Å². The summed E-state index contributed by atoms with van der Waals surface area (Å²) in [6.07, 6.45) is 2.30. The van der Waals surface area contributed by atoms with Crippen LogP contribution in [0, 0.1) is 0 Å². The van der Waals surface area contributed by atoms with Crippen LogP contribution in [0.15, 0.2) is 30.3 Å². The fourth-order valence-electron chi connectivity index (χ4n) is 1.64. The van der Waals surface area contributed by atoms with Gasteiger partial charge in [-0.3, -0.25) is 4.90 Å². The largest absolute Gasteiger partial charge is 0.497 e. The van der Waals surface area contributed by atoms with Crippen molar-refractivity contribution in [3.8, 4) is 5.75 Å². The van der Waals surface area contributed by atoms with E-state index < -0.39 is 0 Å². The third-order valence-corrected chi connectivity index (χ3v) is 2.69. The Kier molecular flexibility index (Phi) is 6.08. The van der Waals surface area contributed by atoms with Gasteiger partial charge in [-0.05, 0) is 30.7 Å². The van der Waals surface area contributed by atoms with Crippen molar-refractivity contribution in [3.05, 3.63) is 35.9 Å². The second-order valence-electron chi connectivity index (χ2n) is 3.83. The first-order valence-corrected chi connectivity index (χ1v) is 5.84. The van der Waals surface area contributed by atoms with Gasteiger partial charge in [0.25, 0.3) is 0 Å². The summed E-state index contributed by atoms with van der Waals surface area (Å²) in [6, 6.07) is 8.07. The molecule has 0 radical (unpaired) electrons. The summed E-state index contributed by atoms with van der Waals surface area (Å²) in [7, 11) is 1.67. The third kappa shape index (κ3) is 4.85. The Morgan fingerprint density at radius 2 is 2.06 bits per heavy atom. The molecule has 0 unspecified atom stereocenters. The molecule has 1 aromatic carbocycles. The molecule has 3 nitrogen and oxygen atoms in total. The van der Waals surface area contributed by atoms with Crippen LogP contribution in [0.4, 0.5) is 0 Å². The number of ether oxygens (including phenoxy) is 1. The van der Waals surface area contributed by atoms with Crippen LogP contribution in [0.5, 0.6) is 5.75 Å². The van der Waals surface area contributed by atoms with Crippen molar-refractivity contribution >= 4 is 5.94 Å². The molecule has 1 aromatic rings. The predicted octanol–water partition coefficient (Wildman–Crippen LogP) is 2.29. The number of rotatable bonds is 7. The minimum Gasteiger partial charge on any atom is -0.497 e. The fraction of sp³-hybridized carbons (Fsp3) is 0.429. The molecule has 0 saturated heterocycles. The lowest BCUT2D eigenvalue weighted by Gasteiger charge is -2.19. The van der Waals surface area contributed by atoms with Crippen molar-refractivity contribution in [2.45, 2.75) is 19.9 Å². The molecule has 92 valence electrons. The first kappa shape index (κ1) is 13.5. The summed E-state index contributed by atoms with van der Waals surface area (Å²) in [4.78, 5) is 12.4. The van der Waals surface area contributed by atoms with Gasteiger partial charge in [0.1, 0.15) is 11.7 Å². The maximum Gasteiger partial charge on any atom is 0.120 e. The first-order chi connectivity index (χ1) is 8.30. The normalized spacial score (nSPS) is 10.1. The van der Waals surface area contributed by atoms with E-state index in [4.69, 9.17) is 4.74 Å². The Morgan fingerprint density at radius 1 is 1.35 bits per heavy atom. The van der Waals surface area contributed by atoms with E-state index in [1.54, 1.807) is 7.11 Å². The van der Waals surface area contributed by atoms with Crippen LogP contribution in [-0.2, 0) is 11.3 Å². The van der Waals surface area contributed by atoms with E-state index in [9.17, 15) is 4.79 Å². The van der Waals surface area contributed by atoms with Crippen molar-refractivity contribution in [2.24, 2.45) is 0 Å². The van der Waals surface area contributed by atoms with Crippen molar-refractivity contribution in [1.29, 1.82) is 0 Å². The molecule has 0 aromatic heterocycles. The van der Waals surface area contributed by atoms with Crippen LogP contribution in [0.2, 0.25) is 0 Å². The minimum atomic E-state index is 0.757. The fourth-order valence-corrected chi connectivity index (χ4v) is 1.64. The summed E-state index contributed by atoms with van der Waals surface area (Å²) in [5.74, 6) is 2.68. The van der Waals surface area contributed by atoms with Gasteiger partial charge in [0.15, 0.2) is 0 Å². The molecule has 0 spiro atoms. The summed E-state index contributed by atoms with van der Waals surface area (Å²) >= 11 is 0. The molecule has 0 saturated carbocycles. The van der Waals surface area contributed by atoms with Crippen molar-refractivity contribution in [1.82, 2.24) is 4.90 Å². The van der Waals surface area contributed by atoms with Gasteiger partial charge in [-0.25, -0.2) is 4.79 Å². The molecule has 0 amide bonds. The van der Waals surface area contributed by atoms with E-state index in [1.807, 2.05) is 18.1 Å². The maximum absolute atomic E-state index is 10.1. The number of hydrogen-bond donors (Lipinski definition) is 0. The lowest BCUT2D eigenvalue weighted by Crippen LogP contribution is -2.23. The molecule has 0 aliphatic carbocycles. The highest BCUT2D eigenvalue weighted by molar-refractivity contribution is 5.44. The van der Waals surface area contributed by atoms with E-state index in [0.717, 1.165) is 31.8 Å². The number of methoxy groups -OCH3 is 1. The number of hydrogen-bond acceptors (Lipinski definition) is 3. The summed E-state index contributed by atoms with van der Waals surface area (Å²) < 4.78 is 5.12. The lowest BCUT2D eigenvalue weighted by molar-refractivity contribution is 0.285. The van der Waals surface area contributed by atoms with Gasteiger partial charge in [0.05, 0.1) is 7.11 Å². The van der Waals surface area contributed by atoms with Gasteiger partial charge >= 0.3 is 0 Å². The minimum absolute atomic E-state index is 0.757. The molecule has 0 atom stereocenters. The monoisotopic (exact) mass is 233 g/mol. The first-order valence-electron chi connectivity index (χ1n) is 5.84. The van der Waals surface area contributed by atoms with Crippen molar-refractivity contribution < 1.29 is 9.53 Å². The topological polar surface area (TPSA) is 29.5 Å². The highest BCUT2D eigenvalue weighted by Crippen LogP contribution is 2.13. The van der Waals surface area contributed by atoms with Crippen LogP contribution >= 0.6 is 0 Å². The van der Waals surface area contributed by atoms with E-state index >= 15 is 0 Å². The van der Waals surface area contributed by atoms with Crippen LogP contribution in [0.3, 0.4) is 0 Å². The number of benzene rings is 1. The summed E-state index contributed by atoms with van der Waals surface area (Å²) in [5.41, 5.74) is 1.25. The number of nitrogens with zero attached hydrogens (tertiary/aromatic N) is 1. The molecule has 0 heterocycles. The predicted molar refractivity (Wildman–Crippen MR) is 68.8 cm³/mol. The van der Waals surface area contributed by atoms with Crippen molar-refractivity contribution in [3.63, 3.8) is 0 Å². The molecule has 0 aliphatic heterocycles. The molecule has 0 aliphatic rings. The molecule has 0 N–H and O–H groups in total. The van der Waals surface area contributed by atoms with Crippen LogP contribution in [0.1, 0.15) is 18.9 Å². The standard InChI is InChI=1S/C14H19NO2/c1-3-15(10-4-5-11-16)12-13-6-8-14(17-2)9-7-13/h5-9H,3-4,10,12H2,1-2H3. The highest BCUT2D eigenvalue weighted by Gasteiger charge is 2.02. The number of carbonyl (C=O) groups excluding carboxylic acids is 1. The molecule has 0 fully saturated rings. The molecule has 1 rings (SSSR count). The second-order valence-corrected chi connectivity index (χ2v) is 3.83. The van der Waals surface area contributed by atoms with Gasteiger partial charge in [-0.1, -0.05) is 19.1 Å². The molecular formula is C14H19NO2. The zero-order valence-corrected chi connectivity index (χ0v) is 10.5. The third-order valence-electron chi connectivity index (χ3n) is 2.69. The Balaban J connectivity index is 2.51. The molecule has 17 heavy (non-hydrogen) atoms. The smallest absolute Gasteiger partial charge is 0.120 e. The summed E-state index contributed by atoms with van der Waals surface area (Å²) in [5, 5.41) is 0. The Bertz CT molecular complexity index is 366. The van der Waals surface area contributed by atoms with E-state index in [1.165, 1.54) is 11.6 Å². The van der Waals surface area contributed by atoms with Gasteiger partial charge in [-0.15, -0.1) is 0 Å². The Labute approximate surface area is 103 Å². The highest BCUT2D eigenvalue weighted by atomic mass is 16.5. The van der Waals surface area contributed by atoms with Crippen molar-refractivity contribution in [2.75, 3.05) is 20.2 Å². The van der Waals surface area contributed by atoms with Crippen LogP contribution in [0.25, 0.3) is 0 Å². The molecule has 0 bridgehead atoms. The lowest BCUT2D eigenvalue weighted by atomic mass is 10.2.